The Balaban J connectivity index is 2.41. The van der Waals surface area contributed by atoms with Crippen LogP contribution in [0.2, 0.25) is 0 Å². The van der Waals surface area contributed by atoms with Crippen LogP contribution in [0.5, 0.6) is 0 Å². The Bertz CT molecular complexity index is 101. The van der Waals surface area contributed by atoms with E-state index in [4.69, 9.17) is 5.73 Å². The van der Waals surface area contributed by atoms with Crippen molar-refractivity contribution >= 4 is 0 Å². The Kier molecular flexibility index (Phi) is 1.39. The van der Waals surface area contributed by atoms with Gasteiger partial charge < -0.3 is 5.73 Å². The summed E-state index contributed by atoms with van der Waals surface area (Å²) in [5, 5.41) is 0. The first-order valence-electron chi connectivity index (χ1n) is 3.17. The third-order valence-electron chi connectivity index (χ3n) is 1.82. The molecule has 1 heteroatoms. The van der Waals surface area contributed by atoms with E-state index in [1.165, 1.54) is 12.8 Å². The zero-order valence-corrected chi connectivity index (χ0v) is 5.35. The average molecular weight is 111 g/mol. The Hall–Kier alpha value is -0.300. The molecule has 0 aromatic carbocycles. The largest absolute Gasteiger partial charge is 0.330 e. The van der Waals surface area contributed by atoms with Crippen LogP contribution in [0.3, 0.4) is 0 Å². The van der Waals surface area contributed by atoms with Crippen LogP contribution < -0.4 is 5.73 Å². The van der Waals surface area contributed by atoms with Gasteiger partial charge in [0.2, 0.25) is 0 Å². The molecular weight excluding hydrogens is 98.1 g/mol. The van der Waals surface area contributed by atoms with Crippen molar-refractivity contribution in [3.05, 3.63) is 12.2 Å². The number of hydrogen-bond acceptors (Lipinski definition) is 1. The summed E-state index contributed by atoms with van der Waals surface area (Å²) in [6.07, 6.45) is 6.93. The summed E-state index contributed by atoms with van der Waals surface area (Å²) in [5.74, 6) is 0. The molecule has 0 saturated heterocycles. The summed E-state index contributed by atoms with van der Waals surface area (Å²) >= 11 is 0. The van der Waals surface area contributed by atoms with E-state index in [0.29, 0.717) is 5.41 Å². The second-order valence-corrected chi connectivity index (χ2v) is 2.57. The Morgan fingerprint density at radius 3 is 2.38 bits per heavy atom. The molecule has 0 unspecified atom stereocenters. The van der Waals surface area contributed by atoms with Crippen molar-refractivity contribution in [1.82, 2.24) is 0 Å². The Morgan fingerprint density at radius 1 is 1.62 bits per heavy atom. The van der Waals surface area contributed by atoms with Gasteiger partial charge in [0.1, 0.15) is 0 Å². The minimum Gasteiger partial charge on any atom is -0.330 e. The molecule has 1 fully saturated rings. The molecule has 0 amide bonds. The number of hydrogen-bond donors (Lipinski definition) is 1. The molecule has 0 aromatic heterocycles. The quantitative estimate of drug-likeness (QED) is 0.534. The highest BCUT2D eigenvalue weighted by atomic mass is 14.6. The molecule has 2 N–H and O–H groups in total. The molecule has 46 valence electrons. The summed E-state index contributed by atoms with van der Waals surface area (Å²) in [5.41, 5.74) is 5.94. The molecule has 0 spiro atoms. The predicted octanol–water partition coefficient (Wildman–Crippen LogP) is 1.30. The Morgan fingerprint density at radius 2 is 2.25 bits per heavy atom. The lowest BCUT2D eigenvalue weighted by Gasteiger charge is -2.01. The van der Waals surface area contributed by atoms with Crippen LogP contribution in [-0.4, -0.2) is 6.54 Å². The SMILES string of the molecule is C/C=C/C1(CN)CC1. The van der Waals surface area contributed by atoms with E-state index in [1.54, 1.807) is 0 Å². The van der Waals surface area contributed by atoms with Gasteiger partial charge in [-0.3, -0.25) is 0 Å². The van der Waals surface area contributed by atoms with Crippen molar-refractivity contribution in [2.45, 2.75) is 19.8 Å². The lowest BCUT2D eigenvalue weighted by atomic mass is 10.1. The zero-order valence-electron chi connectivity index (χ0n) is 5.35. The maximum Gasteiger partial charge on any atom is 0.00142 e. The highest BCUT2D eigenvalue weighted by molar-refractivity contribution is 5.08. The molecule has 1 nitrogen and oxygen atoms in total. The minimum absolute atomic E-state index is 0.439. The van der Waals surface area contributed by atoms with Crippen molar-refractivity contribution in [2.75, 3.05) is 6.54 Å². The number of allylic oxidation sites excluding steroid dienone is 1. The standard InChI is InChI=1S/C7H13N/c1-2-3-7(6-8)4-5-7/h2-3H,4-6,8H2,1H3/b3-2+. The maximum atomic E-state index is 5.50. The highest BCUT2D eigenvalue weighted by Crippen LogP contribution is 2.45. The lowest BCUT2D eigenvalue weighted by Crippen LogP contribution is -2.11. The third-order valence-corrected chi connectivity index (χ3v) is 1.82. The van der Waals surface area contributed by atoms with Crippen LogP contribution in [0.25, 0.3) is 0 Å². The molecule has 0 heterocycles. The predicted molar refractivity (Wildman–Crippen MR) is 35.5 cm³/mol. The molecule has 0 atom stereocenters. The van der Waals surface area contributed by atoms with Crippen LogP contribution >= 0.6 is 0 Å². The summed E-state index contributed by atoms with van der Waals surface area (Å²) in [4.78, 5) is 0. The van der Waals surface area contributed by atoms with E-state index >= 15 is 0 Å². The normalized spacial score (nSPS) is 24.2. The van der Waals surface area contributed by atoms with E-state index in [2.05, 4.69) is 19.1 Å². The van der Waals surface area contributed by atoms with E-state index in [0.717, 1.165) is 6.54 Å². The molecule has 8 heavy (non-hydrogen) atoms. The zero-order chi connectivity index (χ0) is 6.04. The fourth-order valence-corrected chi connectivity index (χ4v) is 0.953. The van der Waals surface area contributed by atoms with Gasteiger partial charge in [0.25, 0.3) is 0 Å². The fourth-order valence-electron chi connectivity index (χ4n) is 0.953. The molecule has 0 radical (unpaired) electrons. The van der Waals surface area contributed by atoms with Gasteiger partial charge in [-0.25, -0.2) is 0 Å². The van der Waals surface area contributed by atoms with Crippen LogP contribution in [0.4, 0.5) is 0 Å². The van der Waals surface area contributed by atoms with Crippen LogP contribution in [-0.2, 0) is 0 Å². The van der Waals surface area contributed by atoms with Crippen molar-refractivity contribution in [2.24, 2.45) is 11.1 Å². The Labute approximate surface area is 50.6 Å². The monoisotopic (exact) mass is 111 g/mol. The van der Waals surface area contributed by atoms with Crippen molar-refractivity contribution in [1.29, 1.82) is 0 Å². The topological polar surface area (TPSA) is 26.0 Å². The molecule has 0 aliphatic heterocycles. The van der Waals surface area contributed by atoms with Gasteiger partial charge in [0.15, 0.2) is 0 Å². The van der Waals surface area contributed by atoms with Gasteiger partial charge in [-0.2, -0.15) is 0 Å². The van der Waals surface area contributed by atoms with Gasteiger partial charge in [-0.1, -0.05) is 12.2 Å². The third kappa shape index (κ3) is 0.920. The van der Waals surface area contributed by atoms with E-state index in [1.807, 2.05) is 0 Å². The summed E-state index contributed by atoms with van der Waals surface area (Å²) in [6.45, 7) is 2.88. The smallest absolute Gasteiger partial charge is 0.00142 e. The minimum atomic E-state index is 0.439. The van der Waals surface area contributed by atoms with Gasteiger partial charge >= 0.3 is 0 Å². The van der Waals surface area contributed by atoms with Gasteiger partial charge in [0.05, 0.1) is 0 Å². The molecule has 0 aromatic rings. The maximum absolute atomic E-state index is 5.50. The molecular formula is C7H13N. The lowest BCUT2D eigenvalue weighted by molar-refractivity contribution is 0.666. The highest BCUT2D eigenvalue weighted by Gasteiger charge is 2.37. The first-order valence-corrected chi connectivity index (χ1v) is 3.17. The van der Waals surface area contributed by atoms with Crippen molar-refractivity contribution < 1.29 is 0 Å². The fraction of sp³-hybridized carbons (Fsp3) is 0.714. The molecule has 1 rings (SSSR count). The first kappa shape index (κ1) is 5.83. The van der Waals surface area contributed by atoms with Crippen LogP contribution in [0.1, 0.15) is 19.8 Å². The van der Waals surface area contributed by atoms with E-state index in [-0.39, 0.29) is 0 Å². The van der Waals surface area contributed by atoms with Crippen LogP contribution in [0.15, 0.2) is 12.2 Å². The molecule has 1 aliphatic carbocycles. The number of nitrogens with two attached hydrogens (primary N) is 1. The average Bonchev–Trinajstić information content (AvgIpc) is 2.50. The number of rotatable bonds is 2. The molecule has 1 saturated carbocycles. The van der Waals surface area contributed by atoms with Gasteiger partial charge in [0, 0.05) is 12.0 Å². The summed E-state index contributed by atoms with van der Waals surface area (Å²) in [6, 6.07) is 0. The van der Waals surface area contributed by atoms with Crippen molar-refractivity contribution in [3.63, 3.8) is 0 Å². The second kappa shape index (κ2) is 1.90. The van der Waals surface area contributed by atoms with Crippen molar-refractivity contribution in [3.8, 4) is 0 Å². The van der Waals surface area contributed by atoms with E-state index in [9.17, 15) is 0 Å². The molecule has 1 aliphatic rings. The van der Waals surface area contributed by atoms with E-state index < -0.39 is 0 Å². The van der Waals surface area contributed by atoms with Gasteiger partial charge in [-0.05, 0) is 19.8 Å². The van der Waals surface area contributed by atoms with Gasteiger partial charge in [-0.15, -0.1) is 0 Å². The second-order valence-electron chi connectivity index (χ2n) is 2.57. The van der Waals surface area contributed by atoms with Crippen LogP contribution in [0, 0.1) is 5.41 Å². The summed E-state index contributed by atoms with van der Waals surface area (Å²) in [7, 11) is 0. The first-order chi connectivity index (χ1) is 3.83. The summed E-state index contributed by atoms with van der Waals surface area (Å²) < 4.78 is 0. The molecule has 0 bridgehead atoms.